The number of ether oxygens (including phenoxy) is 1. The van der Waals surface area contributed by atoms with Crippen LogP contribution in [0.5, 0.6) is 0 Å². The molecule has 82 valence electrons. The van der Waals surface area contributed by atoms with Crippen LogP contribution >= 0.6 is 0 Å². The van der Waals surface area contributed by atoms with Crippen LogP contribution in [0.3, 0.4) is 0 Å². The standard InChI is InChI=1S/C10H20N2O2/c1-12-6-5-8(9(11)7-12)3-4-10(13)14-2/h8-9H,3-7,11H2,1-2H3/t8-,9+/m0/s1. The molecule has 1 rings (SSSR count). The van der Waals surface area contributed by atoms with Gasteiger partial charge in [-0.1, -0.05) is 0 Å². The maximum absolute atomic E-state index is 11.0. The summed E-state index contributed by atoms with van der Waals surface area (Å²) in [6.45, 7) is 2.02. The molecule has 2 atom stereocenters. The number of esters is 1. The first-order chi connectivity index (χ1) is 6.63. The largest absolute Gasteiger partial charge is 0.469 e. The number of likely N-dealkylation sites (tertiary alicyclic amines) is 1. The van der Waals surface area contributed by atoms with Crippen molar-refractivity contribution in [3.8, 4) is 0 Å². The number of carbonyl (C=O) groups is 1. The van der Waals surface area contributed by atoms with Crippen LogP contribution in [0.2, 0.25) is 0 Å². The number of hydrogen-bond donors (Lipinski definition) is 1. The Bertz CT molecular complexity index is 197. The molecule has 0 unspecified atom stereocenters. The van der Waals surface area contributed by atoms with Gasteiger partial charge in [0.2, 0.25) is 0 Å². The molecule has 0 amide bonds. The van der Waals surface area contributed by atoms with Crippen LogP contribution < -0.4 is 5.73 Å². The minimum absolute atomic E-state index is 0.129. The van der Waals surface area contributed by atoms with Crippen LogP contribution in [0.25, 0.3) is 0 Å². The highest BCUT2D eigenvalue weighted by Crippen LogP contribution is 2.20. The van der Waals surface area contributed by atoms with Crippen molar-refractivity contribution in [2.24, 2.45) is 11.7 Å². The molecule has 0 spiro atoms. The minimum atomic E-state index is -0.129. The van der Waals surface area contributed by atoms with Crippen molar-refractivity contribution in [1.29, 1.82) is 0 Å². The lowest BCUT2D eigenvalue weighted by Gasteiger charge is -2.34. The Morgan fingerprint density at radius 2 is 2.36 bits per heavy atom. The summed E-state index contributed by atoms with van der Waals surface area (Å²) >= 11 is 0. The van der Waals surface area contributed by atoms with E-state index in [0.29, 0.717) is 12.3 Å². The fourth-order valence-electron chi connectivity index (χ4n) is 1.96. The molecule has 0 saturated carbocycles. The Kier molecular flexibility index (Phi) is 4.35. The molecule has 4 nitrogen and oxygen atoms in total. The second-order valence-corrected chi connectivity index (χ2v) is 4.09. The predicted octanol–water partition coefficient (Wildman–Crippen LogP) is 0.219. The van der Waals surface area contributed by atoms with E-state index >= 15 is 0 Å². The zero-order valence-electron chi connectivity index (χ0n) is 9.03. The molecule has 1 heterocycles. The Hall–Kier alpha value is -0.610. The third-order valence-corrected chi connectivity index (χ3v) is 2.96. The van der Waals surface area contributed by atoms with Gasteiger partial charge in [0.05, 0.1) is 7.11 Å². The lowest BCUT2D eigenvalue weighted by atomic mass is 9.88. The number of rotatable bonds is 3. The molecule has 0 bridgehead atoms. The van der Waals surface area contributed by atoms with Gasteiger partial charge in [0.25, 0.3) is 0 Å². The molecule has 1 fully saturated rings. The summed E-state index contributed by atoms with van der Waals surface area (Å²) in [4.78, 5) is 13.2. The van der Waals surface area contributed by atoms with Gasteiger partial charge in [0, 0.05) is 19.0 Å². The molecular formula is C10H20N2O2. The van der Waals surface area contributed by atoms with Crippen LogP contribution in [-0.4, -0.2) is 44.2 Å². The highest BCUT2D eigenvalue weighted by molar-refractivity contribution is 5.69. The van der Waals surface area contributed by atoms with Crippen molar-refractivity contribution in [1.82, 2.24) is 4.90 Å². The van der Waals surface area contributed by atoms with Crippen molar-refractivity contribution in [3.05, 3.63) is 0 Å². The molecule has 4 heteroatoms. The quantitative estimate of drug-likeness (QED) is 0.662. The maximum Gasteiger partial charge on any atom is 0.305 e. The third kappa shape index (κ3) is 3.27. The van der Waals surface area contributed by atoms with Crippen molar-refractivity contribution >= 4 is 5.97 Å². The van der Waals surface area contributed by atoms with Crippen LogP contribution in [0.4, 0.5) is 0 Å². The smallest absolute Gasteiger partial charge is 0.305 e. The van der Waals surface area contributed by atoms with Crippen molar-refractivity contribution in [3.63, 3.8) is 0 Å². The fourth-order valence-corrected chi connectivity index (χ4v) is 1.96. The molecule has 2 N–H and O–H groups in total. The first-order valence-corrected chi connectivity index (χ1v) is 5.14. The van der Waals surface area contributed by atoms with E-state index in [1.807, 2.05) is 0 Å². The van der Waals surface area contributed by atoms with Crippen LogP contribution in [0.1, 0.15) is 19.3 Å². The summed E-state index contributed by atoms with van der Waals surface area (Å²) in [5, 5.41) is 0. The van der Waals surface area contributed by atoms with Crippen LogP contribution in [0.15, 0.2) is 0 Å². The van der Waals surface area contributed by atoms with Crippen molar-refractivity contribution < 1.29 is 9.53 Å². The lowest BCUT2D eigenvalue weighted by molar-refractivity contribution is -0.141. The zero-order chi connectivity index (χ0) is 10.6. The van der Waals surface area contributed by atoms with Gasteiger partial charge in [-0.05, 0) is 32.4 Å². The molecule has 0 aromatic carbocycles. The second-order valence-electron chi connectivity index (χ2n) is 4.09. The van der Waals surface area contributed by atoms with E-state index in [1.165, 1.54) is 7.11 Å². The lowest BCUT2D eigenvalue weighted by Crippen LogP contribution is -2.46. The molecule has 1 aliphatic heterocycles. The van der Waals surface area contributed by atoms with Crippen LogP contribution in [-0.2, 0) is 9.53 Å². The van der Waals surface area contributed by atoms with E-state index in [1.54, 1.807) is 0 Å². The highest BCUT2D eigenvalue weighted by Gasteiger charge is 2.24. The number of likely N-dealkylation sites (N-methyl/N-ethyl adjacent to an activating group) is 1. The van der Waals surface area contributed by atoms with Gasteiger partial charge in [0.1, 0.15) is 0 Å². The number of methoxy groups -OCH3 is 1. The Labute approximate surface area is 85.4 Å². The molecule has 0 aliphatic carbocycles. The number of hydrogen-bond acceptors (Lipinski definition) is 4. The van der Waals surface area contributed by atoms with Gasteiger partial charge in [-0.25, -0.2) is 0 Å². The predicted molar refractivity (Wildman–Crippen MR) is 54.8 cm³/mol. The normalized spacial score (nSPS) is 28.8. The molecule has 0 radical (unpaired) electrons. The number of nitrogens with zero attached hydrogens (tertiary/aromatic N) is 1. The average Bonchev–Trinajstić information content (AvgIpc) is 2.16. The first kappa shape index (κ1) is 11.5. The van der Waals surface area contributed by atoms with E-state index in [9.17, 15) is 4.79 Å². The first-order valence-electron chi connectivity index (χ1n) is 5.14. The van der Waals surface area contributed by atoms with Gasteiger partial charge < -0.3 is 15.4 Å². The van der Waals surface area contributed by atoms with E-state index in [4.69, 9.17) is 5.73 Å². The fraction of sp³-hybridized carbons (Fsp3) is 0.900. The van der Waals surface area contributed by atoms with Gasteiger partial charge in [-0.3, -0.25) is 4.79 Å². The molecule has 1 aliphatic rings. The van der Waals surface area contributed by atoms with Gasteiger partial charge in [-0.15, -0.1) is 0 Å². The van der Waals surface area contributed by atoms with E-state index in [-0.39, 0.29) is 12.0 Å². The van der Waals surface area contributed by atoms with Gasteiger partial charge in [-0.2, -0.15) is 0 Å². The Balaban J connectivity index is 2.27. The molecule has 0 aromatic rings. The molecule has 1 saturated heterocycles. The summed E-state index contributed by atoms with van der Waals surface area (Å²) in [7, 11) is 3.51. The number of piperidine rings is 1. The topological polar surface area (TPSA) is 55.6 Å². The molecule has 0 aromatic heterocycles. The molecule has 14 heavy (non-hydrogen) atoms. The molecular weight excluding hydrogens is 180 g/mol. The summed E-state index contributed by atoms with van der Waals surface area (Å²) in [5.74, 6) is 0.349. The second kappa shape index (κ2) is 5.32. The summed E-state index contributed by atoms with van der Waals surface area (Å²) in [5.41, 5.74) is 6.00. The SMILES string of the molecule is COC(=O)CC[C@H]1CCN(C)C[C@H]1N. The Morgan fingerprint density at radius 3 is 2.93 bits per heavy atom. The summed E-state index contributed by atoms with van der Waals surface area (Å²) in [6, 6.07) is 0.207. The zero-order valence-corrected chi connectivity index (χ0v) is 9.03. The third-order valence-electron chi connectivity index (χ3n) is 2.96. The van der Waals surface area contributed by atoms with Crippen molar-refractivity contribution in [2.45, 2.75) is 25.3 Å². The maximum atomic E-state index is 11.0. The van der Waals surface area contributed by atoms with E-state index < -0.39 is 0 Å². The average molecular weight is 200 g/mol. The minimum Gasteiger partial charge on any atom is -0.469 e. The monoisotopic (exact) mass is 200 g/mol. The van der Waals surface area contributed by atoms with Gasteiger partial charge >= 0.3 is 5.97 Å². The summed E-state index contributed by atoms with van der Waals surface area (Å²) in [6.07, 6.45) is 2.45. The van der Waals surface area contributed by atoms with Crippen LogP contribution in [0, 0.1) is 5.92 Å². The number of carbonyl (C=O) groups excluding carboxylic acids is 1. The van der Waals surface area contributed by atoms with E-state index in [0.717, 1.165) is 25.9 Å². The Morgan fingerprint density at radius 1 is 1.64 bits per heavy atom. The van der Waals surface area contributed by atoms with E-state index in [2.05, 4.69) is 16.7 Å². The summed E-state index contributed by atoms with van der Waals surface area (Å²) < 4.78 is 4.61. The van der Waals surface area contributed by atoms with Crippen molar-refractivity contribution in [2.75, 3.05) is 27.2 Å². The highest BCUT2D eigenvalue weighted by atomic mass is 16.5. The number of nitrogens with two attached hydrogens (primary N) is 1. The van der Waals surface area contributed by atoms with Gasteiger partial charge in [0.15, 0.2) is 0 Å².